The average molecular weight is 356 g/mol. The van der Waals surface area contributed by atoms with E-state index in [0.717, 1.165) is 26.2 Å². The summed E-state index contributed by atoms with van der Waals surface area (Å²) in [7, 11) is 1.64. The zero-order valence-electron chi connectivity index (χ0n) is 8.55. The van der Waals surface area contributed by atoms with Crippen LogP contribution in [0.3, 0.4) is 0 Å². The predicted octanol–water partition coefficient (Wildman–Crippen LogP) is 3.96. The third-order valence-electron chi connectivity index (χ3n) is 1.75. The average Bonchev–Trinajstić information content (AvgIpc) is 2.23. The first-order valence-electron chi connectivity index (χ1n) is 4.33. The summed E-state index contributed by atoms with van der Waals surface area (Å²) >= 11 is 8.62. The van der Waals surface area contributed by atoms with E-state index in [1.165, 1.54) is 0 Å². The van der Waals surface area contributed by atoms with Crippen molar-refractivity contribution in [2.45, 2.75) is 0 Å². The molecule has 0 aliphatic carbocycles. The molecule has 0 aliphatic heterocycles. The van der Waals surface area contributed by atoms with E-state index in [9.17, 15) is 0 Å². The lowest BCUT2D eigenvalue weighted by Crippen LogP contribution is -2.00. The monoisotopic (exact) mass is 354 g/mol. The van der Waals surface area contributed by atoms with Gasteiger partial charge in [0.1, 0.15) is 11.5 Å². The summed E-state index contributed by atoms with van der Waals surface area (Å²) in [6, 6.07) is 3.79. The maximum Gasteiger partial charge on any atom is 0.134 e. The van der Waals surface area contributed by atoms with Gasteiger partial charge in [0.2, 0.25) is 0 Å². The standard InChI is InChI=1S/C10H12Br2O2S/c1-13-9-5-8(12)10(6-7(9)11)14-3-4-15-2/h5-6H,3-4H2,1-2H3. The van der Waals surface area contributed by atoms with Gasteiger partial charge in [-0.2, -0.15) is 11.8 Å². The summed E-state index contributed by atoms with van der Waals surface area (Å²) in [4.78, 5) is 0. The maximum absolute atomic E-state index is 5.60. The molecule has 0 radical (unpaired) electrons. The molecular weight excluding hydrogens is 344 g/mol. The highest BCUT2D eigenvalue weighted by molar-refractivity contribution is 9.11. The van der Waals surface area contributed by atoms with Gasteiger partial charge in [0.15, 0.2) is 0 Å². The van der Waals surface area contributed by atoms with Crippen LogP contribution in [0.4, 0.5) is 0 Å². The highest BCUT2D eigenvalue weighted by Gasteiger charge is 2.07. The van der Waals surface area contributed by atoms with Gasteiger partial charge in [-0.3, -0.25) is 0 Å². The molecule has 84 valence electrons. The fraction of sp³-hybridized carbons (Fsp3) is 0.400. The van der Waals surface area contributed by atoms with Gasteiger partial charge in [-0.1, -0.05) is 0 Å². The van der Waals surface area contributed by atoms with Crippen LogP contribution in [-0.4, -0.2) is 25.7 Å². The van der Waals surface area contributed by atoms with Gasteiger partial charge < -0.3 is 9.47 Å². The van der Waals surface area contributed by atoms with Crippen LogP contribution in [0.5, 0.6) is 11.5 Å². The van der Waals surface area contributed by atoms with Gasteiger partial charge >= 0.3 is 0 Å². The molecule has 0 saturated heterocycles. The fourth-order valence-electron chi connectivity index (χ4n) is 1.01. The van der Waals surface area contributed by atoms with Crippen LogP contribution in [0.1, 0.15) is 0 Å². The molecular formula is C10H12Br2O2S. The normalized spacial score (nSPS) is 10.1. The van der Waals surface area contributed by atoms with Gasteiger partial charge in [-0.25, -0.2) is 0 Å². The smallest absolute Gasteiger partial charge is 0.134 e. The van der Waals surface area contributed by atoms with Gasteiger partial charge in [-0.15, -0.1) is 0 Å². The Labute approximate surface area is 111 Å². The molecule has 15 heavy (non-hydrogen) atoms. The summed E-state index contributed by atoms with van der Waals surface area (Å²) in [5.41, 5.74) is 0. The van der Waals surface area contributed by atoms with Crippen molar-refractivity contribution >= 4 is 43.6 Å². The summed E-state index contributed by atoms with van der Waals surface area (Å²) in [5, 5.41) is 0. The summed E-state index contributed by atoms with van der Waals surface area (Å²) in [6.45, 7) is 0.707. The third kappa shape index (κ3) is 3.89. The number of rotatable bonds is 5. The zero-order chi connectivity index (χ0) is 11.3. The molecule has 1 aromatic carbocycles. The van der Waals surface area contributed by atoms with Crippen molar-refractivity contribution < 1.29 is 9.47 Å². The summed E-state index contributed by atoms with van der Waals surface area (Å²) in [5.74, 6) is 2.60. The van der Waals surface area contributed by atoms with E-state index in [1.54, 1.807) is 18.9 Å². The summed E-state index contributed by atoms with van der Waals surface area (Å²) in [6.07, 6.45) is 2.06. The molecule has 1 rings (SSSR count). The lowest BCUT2D eigenvalue weighted by atomic mass is 10.3. The Morgan fingerprint density at radius 1 is 1.20 bits per heavy atom. The van der Waals surface area contributed by atoms with Gasteiger partial charge in [0.05, 0.1) is 22.7 Å². The van der Waals surface area contributed by atoms with E-state index in [0.29, 0.717) is 6.61 Å². The second-order valence-electron chi connectivity index (χ2n) is 2.76. The number of ether oxygens (including phenoxy) is 2. The van der Waals surface area contributed by atoms with E-state index < -0.39 is 0 Å². The van der Waals surface area contributed by atoms with E-state index in [4.69, 9.17) is 9.47 Å². The van der Waals surface area contributed by atoms with Crippen molar-refractivity contribution in [1.82, 2.24) is 0 Å². The Hall–Kier alpha value is 0.130. The van der Waals surface area contributed by atoms with Crippen LogP contribution in [0.2, 0.25) is 0 Å². The molecule has 0 aromatic heterocycles. The highest BCUT2D eigenvalue weighted by atomic mass is 79.9. The Bertz CT molecular complexity index is 331. The molecule has 0 heterocycles. The molecule has 0 aliphatic rings. The lowest BCUT2D eigenvalue weighted by molar-refractivity contribution is 0.340. The van der Waals surface area contributed by atoms with Gasteiger partial charge in [-0.05, 0) is 50.2 Å². The van der Waals surface area contributed by atoms with E-state index in [1.807, 2.05) is 12.1 Å². The number of benzene rings is 1. The van der Waals surface area contributed by atoms with Crippen molar-refractivity contribution in [3.63, 3.8) is 0 Å². The SMILES string of the molecule is COc1cc(Br)c(OCCSC)cc1Br. The number of halogens is 2. The van der Waals surface area contributed by atoms with Gasteiger partial charge in [0, 0.05) is 5.75 Å². The molecule has 0 atom stereocenters. The molecule has 0 bridgehead atoms. The largest absolute Gasteiger partial charge is 0.496 e. The molecule has 2 nitrogen and oxygen atoms in total. The number of thioether (sulfide) groups is 1. The van der Waals surface area contributed by atoms with Crippen LogP contribution >= 0.6 is 43.6 Å². The topological polar surface area (TPSA) is 18.5 Å². The molecule has 0 fully saturated rings. The minimum absolute atomic E-state index is 0.707. The minimum Gasteiger partial charge on any atom is -0.496 e. The Morgan fingerprint density at radius 2 is 1.80 bits per heavy atom. The Kier molecular flexibility index (Phi) is 5.86. The Balaban J connectivity index is 2.76. The molecule has 0 N–H and O–H groups in total. The number of hydrogen-bond acceptors (Lipinski definition) is 3. The van der Waals surface area contributed by atoms with Crippen molar-refractivity contribution in [2.24, 2.45) is 0 Å². The Morgan fingerprint density at radius 3 is 2.40 bits per heavy atom. The van der Waals surface area contributed by atoms with Crippen LogP contribution in [-0.2, 0) is 0 Å². The number of methoxy groups -OCH3 is 1. The van der Waals surface area contributed by atoms with Crippen molar-refractivity contribution in [3.05, 3.63) is 21.1 Å². The summed E-state index contributed by atoms with van der Waals surface area (Å²) < 4.78 is 12.6. The first kappa shape index (κ1) is 13.2. The van der Waals surface area contributed by atoms with Crippen molar-refractivity contribution in [2.75, 3.05) is 25.7 Å². The molecule has 5 heteroatoms. The zero-order valence-corrected chi connectivity index (χ0v) is 12.5. The second-order valence-corrected chi connectivity index (χ2v) is 5.45. The quantitative estimate of drug-likeness (QED) is 0.745. The van der Waals surface area contributed by atoms with Crippen LogP contribution in [0, 0.1) is 0 Å². The molecule has 1 aromatic rings. The highest BCUT2D eigenvalue weighted by Crippen LogP contribution is 2.35. The molecule has 0 spiro atoms. The van der Waals surface area contributed by atoms with E-state index in [2.05, 4.69) is 38.1 Å². The number of hydrogen-bond donors (Lipinski definition) is 0. The molecule has 0 amide bonds. The minimum atomic E-state index is 0.707. The van der Waals surface area contributed by atoms with Gasteiger partial charge in [0.25, 0.3) is 0 Å². The maximum atomic E-state index is 5.60. The van der Waals surface area contributed by atoms with Crippen molar-refractivity contribution in [3.8, 4) is 11.5 Å². The first-order chi connectivity index (χ1) is 7.19. The van der Waals surface area contributed by atoms with Crippen LogP contribution in [0.25, 0.3) is 0 Å². The molecule has 0 unspecified atom stereocenters. The van der Waals surface area contributed by atoms with Crippen LogP contribution in [0.15, 0.2) is 21.1 Å². The predicted molar refractivity (Wildman–Crippen MR) is 72.3 cm³/mol. The van der Waals surface area contributed by atoms with E-state index in [-0.39, 0.29) is 0 Å². The lowest BCUT2D eigenvalue weighted by Gasteiger charge is -2.10. The third-order valence-corrected chi connectivity index (χ3v) is 3.57. The fourth-order valence-corrected chi connectivity index (χ4v) is 2.18. The van der Waals surface area contributed by atoms with E-state index >= 15 is 0 Å². The van der Waals surface area contributed by atoms with Crippen molar-refractivity contribution in [1.29, 1.82) is 0 Å². The second kappa shape index (κ2) is 6.66. The van der Waals surface area contributed by atoms with Crippen LogP contribution < -0.4 is 9.47 Å². The first-order valence-corrected chi connectivity index (χ1v) is 7.31. The molecule has 0 saturated carbocycles.